The Bertz CT molecular complexity index is 1580. The molecule has 0 atom stereocenters. The number of hydrazine groups is 1. The number of aliphatic imine (C=N–C) groups is 1. The molecule has 5 rings (SSSR count). The summed E-state index contributed by atoms with van der Waals surface area (Å²) in [5, 5.41) is 4.44. The van der Waals surface area contributed by atoms with Gasteiger partial charge < -0.3 is 9.88 Å². The first-order valence-electron chi connectivity index (χ1n) is 12.0. The number of hydrogen-bond donors (Lipinski definition) is 2. The molecule has 3 heterocycles. The van der Waals surface area contributed by atoms with Crippen LogP contribution in [-0.4, -0.2) is 38.3 Å². The fourth-order valence-corrected chi connectivity index (χ4v) is 4.07. The number of carbonyl (C=O) groups excluding carboxylic acids is 1. The highest BCUT2D eigenvalue weighted by Gasteiger charge is 2.31. The lowest BCUT2D eigenvalue weighted by Crippen LogP contribution is -2.31. The molecule has 0 aliphatic carbocycles. The number of hydrogen-bond acceptors (Lipinski definition) is 6. The minimum absolute atomic E-state index is 0.0124. The van der Waals surface area contributed by atoms with E-state index < -0.39 is 17.6 Å². The molecule has 0 saturated heterocycles. The van der Waals surface area contributed by atoms with E-state index >= 15 is 0 Å². The molecule has 0 fully saturated rings. The van der Waals surface area contributed by atoms with E-state index in [-0.39, 0.29) is 16.9 Å². The van der Waals surface area contributed by atoms with Crippen LogP contribution in [-0.2, 0) is 6.18 Å². The van der Waals surface area contributed by atoms with Gasteiger partial charge in [-0.25, -0.2) is 4.98 Å². The van der Waals surface area contributed by atoms with Gasteiger partial charge >= 0.3 is 6.18 Å². The van der Waals surface area contributed by atoms with Crippen molar-refractivity contribution < 1.29 is 18.0 Å². The average molecular weight is 532 g/mol. The molecule has 0 bridgehead atoms. The molecule has 0 spiro atoms. The molecule has 1 aliphatic rings. The fraction of sp³-hybridized carbons (Fsp3) is 0.143. The number of aryl methyl sites for hydroxylation is 2. The third-order valence-corrected chi connectivity index (χ3v) is 6.08. The van der Waals surface area contributed by atoms with Crippen LogP contribution in [0.5, 0.6) is 0 Å². The minimum atomic E-state index is -4.59. The summed E-state index contributed by atoms with van der Waals surface area (Å²) in [6.45, 7) is 3.95. The van der Waals surface area contributed by atoms with E-state index in [1.807, 2.05) is 30.1 Å². The maximum atomic E-state index is 13.6. The molecule has 198 valence electrons. The van der Waals surface area contributed by atoms with Crippen LogP contribution in [0.3, 0.4) is 0 Å². The molecular formula is C28H24F3N7O. The Labute approximate surface area is 222 Å². The Kier molecular flexibility index (Phi) is 6.88. The highest BCUT2D eigenvalue weighted by Crippen LogP contribution is 2.33. The van der Waals surface area contributed by atoms with Gasteiger partial charge in [-0.3, -0.25) is 25.2 Å². The van der Waals surface area contributed by atoms with Crippen molar-refractivity contribution in [1.29, 1.82) is 0 Å². The molecule has 2 aromatic heterocycles. The number of nitrogens with one attached hydrogen (secondary N) is 2. The van der Waals surface area contributed by atoms with E-state index in [0.717, 1.165) is 29.0 Å². The number of imidazole rings is 1. The molecular weight excluding hydrogens is 507 g/mol. The molecule has 1 amide bonds. The second-order valence-electron chi connectivity index (χ2n) is 8.98. The van der Waals surface area contributed by atoms with Crippen LogP contribution in [0.2, 0.25) is 0 Å². The highest BCUT2D eigenvalue weighted by atomic mass is 19.4. The van der Waals surface area contributed by atoms with Gasteiger partial charge in [-0.1, -0.05) is 6.07 Å². The largest absolute Gasteiger partial charge is 0.416 e. The van der Waals surface area contributed by atoms with E-state index in [0.29, 0.717) is 18.1 Å². The first-order chi connectivity index (χ1) is 18.7. The van der Waals surface area contributed by atoms with Crippen LogP contribution in [0.25, 0.3) is 11.4 Å². The summed E-state index contributed by atoms with van der Waals surface area (Å²) < 4.78 is 42.4. The van der Waals surface area contributed by atoms with Gasteiger partial charge in [-0.05, 0) is 68.0 Å². The van der Waals surface area contributed by atoms with Gasteiger partial charge in [-0.15, -0.1) is 0 Å². The summed E-state index contributed by atoms with van der Waals surface area (Å²) in [6, 6.07) is 12.2. The molecule has 2 aromatic carbocycles. The maximum Gasteiger partial charge on any atom is 0.416 e. The zero-order valence-electron chi connectivity index (χ0n) is 21.1. The highest BCUT2D eigenvalue weighted by molar-refractivity contribution is 6.05. The van der Waals surface area contributed by atoms with Crippen LogP contribution in [0, 0.1) is 13.8 Å². The van der Waals surface area contributed by atoms with Crippen LogP contribution >= 0.6 is 0 Å². The van der Waals surface area contributed by atoms with Crippen molar-refractivity contribution in [3.8, 4) is 5.69 Å². The van der Waals surface area contributed by atoms with Gasteiger partial charge in [0, 0.05) is 47.3 Å². The second-order valence-corrected chi connectivity index (χ2v) is 8.98. The van der Waals surface area contributed by atoms with Crippen molar-refractivity contribution in [2.75, 3.05) is 17.4 Å². The predicted octanol–water partition coefficient (Wildman–Crippen LogP) is 5.87. The number of allylic oxidation sites excluding steroid dienone is 1. The topological polar surface area (TPSA) is 87.4 Å². The van der Waals surface area contributed by atoms with E-state index in [4.69, 9.17) is 0 Å². The van der Waals surface area contributed by atoms with E-state index in [1.165, 1.54) is 17.0 Å². The molecule has 39 heavy (non-hydrogen) atoms. The zero-order valence-corrected chi connectivity index (χ0v) is 21.1. The number of alkyl halides is 3. The zero-order chi connectivity index (χ0) is 27.6. The summed E-state index contributed by atoms with van der Waals surface area (Å²) >= 11 is 0. The van der Waals surface area contributed by atoms with Crippen molar-refractivity contribution in [3.05, 3.63) is 107 Å². The number of benzene rings is 2. The normalized spacial score (nSPS) is 13.3. The Morgan fingerprint density at radius 1 is 1.08 bits per heavy atom. The third-order valence-electron chi connectivity index (χ3n) is 6.08. The molecule has 11 heteroatoms. The lowest BCUT2D eigenvalue weighted by Gasteiger charge is -2.29. The Morgan fingerprint density at radius 3 is 2.64 bits per heavy atom. The van der Waals surface area contributed by atoms with Gasteiger partial charge in [0.1, 0.15) is 6.67 Å². The second kappa shape index (κ2) is 10.4. The number of nitrogens with zero attached hydrogens (tertiary/aromatic N) is 5. The number of amides is 1. The van der Waals surface area contributed by atoms with Crippen molar-refractivity contribution in [2.45, 2.75) is 20.0 Å². The quantitative estimate of drug-likeness (QED) is 0.325. The molecule has 2 N–H and O–H groups in total. The van der Waals surface area contributed by atoms with E-state index in [1.54, 1.807) is 49.9 Å². The fourth-order valence-electron chi connectivity index (χ4n) is 4.07. The van der Waals surface area contributed by atoms with Crippen molar-refractivity contribution in [3.63, 3.8) is 0 Å². The van der Waals surface area contributed by atoms with Crippen molar-refractivity contribution >= 4 is 29.2 Å². The minimum Gasteiger partial charge on any atom is -0.322 e. The average Bonchev–Trinajstić information content (AvgIpc) is 3.36. The van der Waals surface area contributed by atoms with Gasteiger partial charge in [-0.2, -0.15) is 13.2 Å². The maximum absolute atomic E-state index is 13.6. The number of pyridine rings is 1. The Balaban J connectivity index is 1.40. The van der Waals surface area contributed by atoms with Crippen LogP contribution in [0.15, 0.2) is 84.5 Å². The van der Waals surface area contributed by atoms with Crippen molar-refractivity contribution in [2.24, 2.45) is 4.99 Å². The summed E-state index contributed by atoms with van der Waals surface area (Å²) in [7, 11) is 0. The number of anilines is 2. The summed E-state index contributed by atoms with van der Waals surface area (Å²) in [4.78, 5) is 25.7. The lowest BCUT2D eigenvalue weighted by atomic mass is 10.1. The SMILES string of the molecule is Cc1cn(-c2cc(NC(=O)c3ccc(C)c(NN4CN=CC=C4c4cccnc4)c3)cc(C(F)(F)F)c2)cn1. The van der Waals surface area contributed by atoms with Gasteiger partial charge in [0.05, 0.1) is 29.0 Å². The number of halogens is 3. The molecule has 4 aromatic rings. The molecule has 0 radical (unpaired) electrons. The monoisotopic (exact) mass is 531 g/mol. The van der Waals surface area contributed by atoms with Crippen LogP contribution in [0.1, 0.15) is 32.7 Å². The standard InChI is InChI=1S/C28H24F3N7O/c1-18-5-6-20(10-25(18)36-38-16-33-9-7-26(38)21-4-3-8-32-14-21)27(39)35-23-11-22(28(29,30)31)12-24(13-23)37-15-19(2)34-17-37/h3-15,17,36H,16H2,1-2H3,(H,35,39). The molecule has 8 nitrogen and oxygen atoms in total. The molecule has 0 saturated carbocycles. The number of rotatable bonds is 6. The first kappa shape index (κ1) is 25.7. The van der Waals surface area contributed by atoms with Crippen LogP contribution in [0.4, 0.5) is 24.5 Å². The Hall–Kier alpha value is -4.93. The predicted molar refractivity (Wildman–Crippen MR) is 143 cm³/mol. The molecule has 0 unspecified atom stereocenters. The summed E-state index contributed by atoms with van der Waals surface area (Å²) in [5.41, 5.74) is 6.83. The number of carbonyl (C=O) groups is 1. The summed E-state index contributed by atoms with van der Waals surface area (Å²) in [6.07, 6.45) is 5.44. The van der Waals surface area contributed by atoms with Gasteiger partial charge in [0.15, 0.2) is 0 Å². The first-order valence-corrected chi connectivity index (χ1v) is 12.0. The summed E-state index contributed by atoms with van der Waals surface area (Å²) in [5.74, 6) is -0.551. The lowest BCUT2D eigenvalue weighted by molar-refractivity contribution is -0.137. The van der Waals surface area contributed by atoms with Crippen LogP contribution < -0.4 is 10.7 Å². The smallest absolute Gasteiger partial charge is 0.322 e. The Morgan fingerprint density at radius 2 is 1.92 bits per heavy atom. The van der Waals surface area contributed by atoms with Gasteiger partial charge in [0.25, 0.3) is 5.91 Å². The van der Waals surface area contributed by atoms with E-state index in [2.05, 4.69) is 25.7 Å². The number of aromatic nitrogens is 3. The van der Waals surface area contributed by atoms with Gasteiger partial charge in [0.2, 0.25) is 0 Å². The molecule has 1 aliphatic heterocycles. The van der Waals surface area contributed by atoms with Crippen molar-refractivity contribution in [1.82, 2.24) is 19.5 Å². The van der Waals surface area contributed by atoms with E-state index in [9.17, 15) is 18.0 Å². The third kappa shape index (κ3) is 5.82.